The normalized spacial score (nSPS) is 11.2. The quantitative estimate of drug-likeness (QED) is 0.592. The topological polar surface area (TPSA) is 37.8 Å². The van der Waals surface area contributed by atoms with Gasteiger partial charge in [-0.2, -0.15) is 4.37 Å². The number of nitrogens with one attached hydrogen (secondary N) is 1. The Labute approximate surface area is 100 Å². The summed E-state index contributed by atoms with van der Waals surface area (Å²) in [6, 6.07) is 0.600. The van der Waals surface area contributed by atoms with Gasteiger partial charge in [0.2, 0.25) is 0 Å². The van der Waals surface area contributed by atoms with Crippen molar-refractivity contribution >= 4 is 23.3 Å². The largest absolute Gasteiger partial charge is 0.315 e. The number of hydrogen-bond acceptors (Lipinski definition) is 5. The van der Waals surface area contributed by atoms with Crippen molar-refractivity contribution in [2.75, 3.05) is 12.3 Å². The van der Waals surface area contributed by atoms with Gasteiger partial charge in [0.15, 0.2) is 4.34 Å². The summed E-state index contributed by atoms with van der Waals surface area (Å²) in [5.41, 5.74) is 0. The second-order valence-electron chi connectivity index (χ2n) is 3.77. The van der Waals surface area contributed by atoms with E-state index in [9.17, 15) is 0 Å². The van der Waals surface area contributed by atoms with Gasteiger partial charge in [0.1, 0.15) is 5.82 Å². The molecule has 1 rings (SSSR count). The summed E-state index contributed by atoms with van der Waals surface area (Å²) < 4.78 is 5.25. The van der Waals surface area contributed by atoms with Crippen LogP contribution in [0.5, 0.6) is 0 Å². The van der Waals surface area contributed by atoms with E-state index in [1.807, 2.05) is 18.7 Å². The summed E-state index contributed by atoms with van der Waals surface area (Å²) in [4.78, 5) is 4.31. The van der Waals surface area contributed by atoms with Crippen molar-refractivity contribution in [3.05, 3.63) is 5.82 Å². The monoisotopic (exact) mass is 245 g/mol. The molecule has 0 fully saturated rings. The Balaban J connectivity index is 1.98. The van der Waals surface area contributed by atoms with Crippen LogP contribution < -0.4 is 5.32 Å². The van der Waals surface area contributed by atoms with Crippen LogP contribution in [0.4, 0.5) is 0 Å². The average Bonchev–Trinajstić information content (AvgIpc) is 2.57. The molecule has 1 aromatic heterocycles. The van der Waals surface area contributed by atoms with Crippen molar-refractivity contribution in [2.24, 2.45) is 0 Å². The zero-order valence-corrected chi connectivity index (χ0v) is 11.2. The van der Waals surface area contributed by atoms with Gasteiger partial charge < -0.3 is 5.32 Å². The number of unbranched alkanes of at least 4 members (excludes halogenated alkanes) is 1. The number of nitrogens with zero attached hydrogens (tertiary/aromatic N) is 2. The first-order valence-corrected chi connectivity index (χ1v) is 7.11. The van der Waals surface area contributed by atoms with Crippen LogP contribution in [0, 0.1) is 6.92 Å². The van der Waals surface area contributed by atoms with Gasteiger partial charge in [-0.05, 0) is 37.8 Å². The summed E-state index contributed by atoms with van der Waals surface area (Å²) in [5, 5.41) is 3.41. The maximum absolute atomic E-state index is 4.31. The minimum Gasteiger partial charge on any atom is -0.315 e. The molecule has 0 atom stereocenters. The SMILES string of the molecule is Cc1nsc(SCCCCNC(C)C)n1. The number of thioether (sulfide) groups is 1. The maximum Gasteiger partial charge on any atom is 0.170 e. The van der Waals surface area contributed by atoms with Crippen LogP contribution in [0.2, 0.25) is 0 Å². The van der Waals surface area contributed by atoms with E-state index >= 15 is 0 Å². The van der Waals surface area contributed by atoms with E-state index in [1.165, 1.54) is 24.4 Å². The molecule has 0 saturated carbocycles. The molecule has 86 valence electrons. The Morgan fingerprint density at radius 2 is 2.20 bits per heavy atom. The van der Waals surface area contributed by atoms with E-state index in [1.54, 1.807) is 0 Å². The summed E-state index contributed by atoms with van der Waals surface area (Å²) >= 11 is 3.32. The average molecular weight is 245 g/mol. The fourth-order valence-corrected chi connectivity index (χ4v) is 2.83. The standard InChI is InChI=1S/C10H19N3S2/c1-8(2)11-6-4-5-7-14-10-12-9(3)13-15-10/h8,11H,4-7H2,1-3H3. The lowest BCUT2D eigenvalue weighted by Crippen LogP contribution is -2.23. The fraction of sp³-hybridized carbons (Fsp3) is 0.800. The first-order valence-electron chi connectivity index (χ1n) is 5.35. The lowest BCUT2D eigenvalue weighted by Gasteiger charge is -2.06. The molecule has 15 heavy (non-hydrogen) atoms. The third-order valence-electron chi connectivity index (χ3n) is 1.86. The van der Waals surface area contributed by atoms with E-state index in [0.717, 1.165) is 22.5 Å². The van der Waals surface area contributed by atoms with Gasteiger partial charge in [-0.25, -0.2) is 4.98 Å². The second kappa shape index (κ2) is 7.19. The second-order valence-corrected chi connectivity index (χ2v) is 5.87. The van der Waals surface area contributed by atoms with Crippen molar-refractivity contribution in [1.29, 1.82) is 0 Å². The molecule has 1 heterocycles. The van der Waals surface area contributed by atoms with Crippen LogP contribution in [0.3, 0.4) is 0 Å². The minimum absolute atomic E-state index is 0.600. The van der Waals surface area contributed by atoms with Crippen LogP contribution in [0.15, 0.2) is 4.34 Å². The Bertz CT molecular complexity index is 273. The van der Waals surface area contributed by atoms with Crippen molar-refractivity contribution in [3.8, 4) is 0 Å². The van der Waals surface area contributed by atoms with Gasteiger partial charge in [-0.1, -0.05) is 25.6 Å². The van der Waals surface area contributed by atoms with E-state index in [4.69, 9.17) is 0 Å². The smallest absolute Gasteiger partial charge is 0.170 e. The fourth-order valence-electron chi connectivity index (χ4n) is 1.11. The number of rotatable bonds is 7. The van der Waals surface area contributed by atoms with Crippen LogP contribution >= 0.6 is 23.3 Å². The molecular formula is C10H19N3S2. The Hall–Kier alpha value is -0.130. The molecule has 0 aliphatic rings. The highest BCUT2D eigenvalue weighted by atomic mass is 32.2. The van der Waals surface area contributed by atoms with Gasteiger partial charge >= 0.3 is 0 Å². The highest BCUT2D eigenvalue weighted by Crippen LogP contribution is 2.20. The first kappa shape index (κ1) is 12.9. The molecule has 0 aliphatic heterocycles. The Kier molecular flexibility index (Phi) is 6.20. The highest BCUT2D eigenvalue weighted by molar-refractivity contribution is 8.00. The van der Waals surface area contributed by atoms with E-state index in [0.29, 0.717) is 6.04 Å². The van der Waals surface area contributed by atoms with Crippen LogP contribution in [0.25, 0.3) is 0 Å². The molecule has 0 aromatic carbocycles. The molecule has 0 radical (unpaired) electrons. The predicted octanol–water partition coefficient (Wildman–Crippen LogP) is 2.72. The van der Waals surface area contributed by atoms with Crippen molar-refractivity contribution in [2.45, 2.75) is 44.0 Å². The zero-order chi connectivity index (χ0) is 11.1. The van der Waals surface area contributed by atoms with E-state index < -0.39 is 0 Å². The number of hydrogen-bond donors (Lipinski definition) is 1. The molecule has 0 bridgehead atoms. The molecule has 0 spiro atoms. The van der Waals surface area contributed by atoms with E-state index in [2.05, 4.69) is 28.5 Å². The minimum atomic E-state index is 0.600. The van der Waals surface area contributed by atoms with Gasteiger partial charge in [-0.15, -0.1) is 0 Å². The molecule has 0 aliphatic carbocycles. The van der Waals surface area contributed by atoms with Gasteiger partial charge in [-0.3, -0.25) is 0 Å². The Morgan fingerprint density at radius 3 is 2.80 bits per heavy atom. The summed E-state index contributed by atoms with van der Waals surface area (Å²) in [6.45, 7) is 7.41. The van der Waals surface area contributed by atoms with E-state index in [-0.39, 0.29) is 0 Å². The van der Waals surface area contributed by atoms with Crippen LogP contribution in [0.1, 0.15) is 32.5 Å². The third-order valence-corrected chi connectivity index (χ3v) is 3.87. The molecular weight excluding hydrogens is 226 g/mol. The molecule has 5 heteroatoms. The molecule has 0 amide bonds. The summed E-state index contributed by atoms with van der Waals surface area (Å²) in [7, 11) is 0. The van der Waals surface area contributed by atoms with Gasteiger partial charge in [0, 0.05) is 11.8 Å². The number of aryl methyl sites for hydroxylation is 1. The maximum atomic E-state index is 4.31. The molecule has 0 saturated heterocycles. The van der Waals surface area contributed by atoms with Gasteiger partial charge in [0.05, 0.1) is 0 Å². The van der Waals surface area contributed by atoms with Crippen molar-refractivity contribution < 1.29 is 0 Å². The third kappa shape index (κ3) is 6.12. The lowest BCUT2D eigenvalue weighted by atomic mass is 10.3. The zero-order valence-electron chi connectivity index (χ0n) is 9.62. The Morgan fingerprint density at radius 1 is 1.40 bits per heavy atom. The molecule has 3 nitrogen and oxygen atoms in total. The number of aromatic nitrogens is 2. The summed E-state index contributed by atoms with van der Waals surface area (Å²) in [6.07, 6.45) is 2.48. The molecule has 1 N–H and O–H groups in total. The molecule has 1 aromatic rings. The highest BCUT2D eigenvalue weighted by Gasteiger charge is 2.00. The van der Waals surface area contributed by atoms with Crippen LogP contribution in [-0.2, 0) is 0 Å². The van der Waals surface area contributed by atoms with Crippen molar-refractivity contribution in [1.82, 2.24) is 14.7 Å². The molecule has 0 unspecified atom stereocenters. The van der Waals surface area contributed by atoms with Crippen LogP contribution in [-0.4, -0.2) is 27.7 Å². The first-order chi connectivity index (χ1) is 7.18. The predicted molar refractivity (Wildman–Crippen MR) is 67.7 cm³/mol. The van der Waals surface area contributed by atoms with Crippen molar-refractivity contribution in [3.63, 3.8) is 0 Å². The van der Waals surface area contributed by atoms with Gasteiger partial charge in [0.25, 0.3) is 0 Å². The summed E-state index contributed by atoms with van der Waals surface area (Å²) in [5.74, 6) is 2.04. The lowest BCUT2D eigenvalue weighted by molar-refractivity contribution is 0.567.